The molecule has 0 bridgehead atoms. The van der Waals surface area contributed by atoms with Crippen LogP contribution >= 0.6 is 11.3 Å². The van der Waals surface area contributed by atoms with Gasteiger partial charge in [-0.1, -0.05) is 0 Å². The van der Waals surface area contributed by atoms with E-state index >= 15 is 0 Å². The van der Waals surface area contributed by atoms with Crippen molar-refractivity contribution in [2.45, 2.75) is 6.54 Å². The summed E-state index contributed by atoms with van der Waals surface area (Å²) in [5, 5.41) is 0.730. The molecule has 5 heteroatoms. The van der Waals surface area contributed by atoms with Crippen LogP contribution in [-0.4, -0.2) is 10.9 Å². The number of nitrogens with zero attached hydrogens (tertiary/aromatic N) is 1. The number of hydrogen-bond acceptors (Lipinski definition) is 4. The minimum Gasteiger partial charge on any atom is -0.365 e. The van der Waals surface area contributed by atoms with Crippen LogP contribution in [0.4, 0.5) is 0 Å². The first-order chi connectivity index (χ1) is 4.74. The summed E-state index contributed by atoms with van der Waals surface area (Å²) in [5.41, 5.74) is 10.2. The molecule has 0 fully saturated rings. The first kappa shape index (κ1) is 7.17. The summed E-state index contributed by atoms with van der Waals surface area (Å²) in [6.45, 7) is 0.359. The smallest absolute Gasteiger partial charge is 0.260 e. The Bertz CT molecular complexity index is 245. The zero-order valence-corrected chi connectivity index (χ0v) is 6.02. The summed E-state index contributed by atoms with van der Waals surface area (Å²) in [4.78, 5) is 14.8. The number of hydrogen-bond donors (Lipinski definition) is 2. The fourth-order valence-corrected chi connectivity index (χ4v) is 1.17. The van der Waals surface area contributed by atoms with Crippen molar-refractivity contribution in [2.75, 3.05) is 0 Å². The molecule has 54 valence electrons. The minimum atomic E-state index is -0.447. The molecule has 1 aromatic heterocycles. The van der Waals surface area contributed by atoms with Crippen molar-refractivity contribution in [3.05, 3.63) is 16.1 Å². The van der Waals surface area contributed by atoms with Crippen molar-refractivity contribution in [1.29, 1.82) is 0 Å². The van der Waals surface area contributed by atoms with E-state index in [0.717, 1.165) is 5.01 Å². The fraction of sp³-hybridized carbons (Fsp3) is 0.200. The molecule has 4 N–H and O–H groups in total. The van der Waals surface area contributed by atoms with Gasteiger partial charge in [-0.25, -0.2) is 4.98 Å². The predicted molar refractivity (Wildman–Crippen MR) is 38.5 cm³/mol. The van der Waals surface area contributed by atoms with E-state index in [9.17, 15) is 4.79 Å². The summed E-state index contributed by atoms with van der Waals surface area (Å²) in [7, 11) is 0. The number of rotatable bonds is 2. The molecule has 1 rings (SSSR count). The number of nitrogens with two attached hydrogens (primary N) is 2. The Labute approximate surface area is 61.9 Å². The Morgan fingerprint density at radius 3 is 2.80 bits per heavy atom. The number of carbonyl (C=O) groups is 1. The molecule has 0 spiro atoms. The lowest BCUT2D eigenvalue weighted by Gasteiger charge is -1.82. The second kappa shape index (κ2) is 2.76. The third-order valence-electron chi connectivity index (χ3n) is 0.971. The highest BCUT2D eigenvalue weighted by Crippen LogP contribution is 2.10. The highest BCUT2D eigenvalue weighted by atomic mass is 32.1. The molecule has 0 unspecified atom stereocenters. The Balaban J connectivity index is 2.88. The number of amides is 1. The minimum absolute atomic E-state index is 0.359. The van der Waals surface area contributed by atoms with Crippen molar-refractivity contribution in [3.63, 3.8) is 0 Å². The molecule has 0 saturated heterocycles. The second-order valence-corrected chi connectivity index (χ2v) is 2.80. The lowest BCUT2D eigenvalue weighted by atomic mass is 10.5. The van der Waals surface area contributed by atoms with Crippen LogP contribution in [0.1, 0.15) is 14.7 Å². The maximum absolute atomic E-state index is 10.5. The predicted octanol–water partition coefficient (Wildman–Crippen LogP) is -0.299. The van der Waals surface area contributed by atoms with Gasteiger partial charge in [0.05, 0.1) is 6.20 Å². The molecule has 0 atom stereocenters. The molecule has 1 aromatic rings. The van der Waals surface area contributed by atoms with E-state index in [1.165, 1.54) is 17.5 Å². The van der Waals surface area contributed by atoms with Gasteiger partial charge in [-0.15, -0.1) is 11.3 Å². The Kier molecular flexibility index (Phi) is 1.98. The second-order valence-electron chi connectivity index (χ2n) is 1.69. The van der Waals surface area contributed by atoms with E-state index in [1.807, 2.05) is 0 Å². The van der Waals surface area contributed by atoms with Gasteiger partial charge in [0.25, 0.3) is 5.91 Å². The van der Waals surface area contributed by atoms with E-state index in [0.29, 0.717) is 11.4 Å². The van der Waals surface area contributed by atoms with Gasteiger partial charge in [-0.05, 0) is 0 Å². The Hall–Kier alpha value is -0.940. The molecular weight excluding hydrogens is 150 g/mol. The van der Waals surface area contributed by atoms with Gasteiger partial charge in [0, 0.05) is 6.54 Å². The normalized spacial score (nSPS) is 9.70. The van der Waals surface area contributed by atoms with Crippen LogP contribution in [0.5, 0.6) is 0 Å². The Morgan fingerprint density at radius 1 is 1.80 bits per heavy atom. The van der Waals surface area contributed by atoms with E-state index in [2.05, 4.69) is 4.98 Å². The standard InChI is InChI=1S/C5H7N3OS/c6-1-4-8-2-3(10-4)5(7)9/h2H,1,6H2,(H2,7,9). The quantitative estimate of drug-likeness (QED) is 0.618. The molecule has 4 nitrogen and oxygen atoms in total. The molecule has 0 aliphatic carbocycles. The molecule has 1 heterocycles. The first-order valence-electron chi connectivity index (χ1n) is 2.68. The molecule has 0 aliphatic heterocycles. The lowest BCUT2D eigenvalue weighted by molar-refractivity contribution is 0.100. The SMILES string of the molecule is NCc1ncc(C(N)=O)s1. The lowest BCUT2D eigenvalue weighted by Crippen LogP contribution is -2.08. The third-order valence-corrected chi connectivity index (χ3v) is 2.01. The zero-order valence-electron chi connectivity index (χ0n) is 5.20. The van der Waals surface area contributed by atoms with E-state index in [1.54, 1.807) is 0 Å². The highest BCUT2D eigenvalue weighted by Gasteiger charge is 2.03. The van der Waals surface area contributed by atoms with Crippen molar-refractivity contribution in [3.8, 4) is 0 Å². The molecule has 0 radical (unpaired) electrons. The molecule has 1 amide bonds. The van der Waals surface area contributed by atoms with Crippen LogP contribution in [0.2, 0.25) is 0 Å². The number of aromatic nitrogens is 1. The number of thiazole rings is 1. The molecule has 0 aromatic carbocycles. The van der Waals surface area contributed by atoms with Gasteiger partial charge in [-0.3, -0.25) is 4.79 Å². The van der Waals surface area contributed by atoms with Gasteiger partial charge in [0.15, 0.2) is 0 Å². The summed E-state index contributed by atoms with van der Waals surface area (Å²) < 4.78 is 0. The molecule has 0 saturated carbocycles. The van der Waals surface area contributed by atoms with Gasteiger partial charge >= 0.3 is 0 Å². The third kappa shape index (κ3) is 1.31. The summed E-state index contributed by atoms with van der Waals surface area (Å²) in [6.07, 6.45) is 1.44. The van der Waals surface area contributed by atoms with Gasteiger partial charge < -0.3 is 11.5 Å². The van der Waals surface area contributed by atoms with Crippen molar-refractivity contribution in [2.24, 2.45) is 11.5 Å². The average Bonchev–Trinajstić information content (AvgIpc) is 2.34. The van der Waals surface area contributed by atoms with Gasteiger partial charge in [0.2, 0.25) is 0 Å². The first-order valence-corrected chi connectivity index (χ1v) is 3.50. The van der Waals surface area contributed by atoms with Crippen LogP contribution in [0.25, 0.3) is 0 Å². The molecular formula is C5H7N3OS. The van der Waals surface area contributed by atoms with E-state index < -0.39 is 5.91 Å². The highest BCUT2D eigenvalue weighted by molar-refractivity contribution is 7.13. The average molecular weight is 157 g/mol. The van der Waals surface area contributed by atoms with Crippen LogP contribution in [0.3, 0.4) is 0 Å². The van der Waals surface area contributed by atoms with Crippen LogP contribution in [0.15, 0.2) is 6.20 Å². The molecule has 0 aliphatic rings. The maximum atomic E-state index is 10.5. The van der Waals surface area contributed by atoms with Gasteiger partial charge in [-0.2, -0.15) is 0 Å². The van der Waals surface area contributed by atoms with Crippen molar-refractivity contribution >= 4 is 17.2 Å². The topological polar surface area (TPSA) is 82.0 Å². The zero-order chi connectivity index (χ0) is 7.56. The number of carbonyl (C=O) groups excluding carboxylic acids is 1. The summed E-state index contributed by atoms with van der Waals surface area (Å²) >= 11 is 1.23. The maximum Gasteiger partial charge on any atom is 0.260 e. The number of primary amides is 1. The molecule has 10 heavy (non-hydrogen) atoms. The Morgan fingerprint density at radius 2 is 2.50 bits per heavy atom. The monoisotopic (exact) mass is 157 g/mol. The van der Waals surface area contributed by atoms with E-state index in [-0.39, 0.29) is 0 Å². The largest absolute Gasteiger partial charge is 0.365 e. The fourth-order valence-electron chi connectivity index (χ4n) is 0.519. The summed E-state index contributed by atoms with van der Waals surface area (Å²) in [6, 6.07) is 0. The van der Waals surface area contributed by atoms with Crippen LogP contribution in [-0.2, 0) is 6.54 Å². The van der Waals surface area contributed by atoms with Crippen molar-refractivity contribution < 1.29 is 4.79 Å². The summed E-state index contributed by atoms with van der Waals surface area (Å²) in [5.74, 6) is -0.447. The van der Waals surface area contributed by atoms with Crippen LogP contribution in [0, 0.1) is 0 Å². The van der Waals surface area contributed by atoms with Crippen molar-refractivity contribution in [1.82, 2.24) is 4.98 Å². The van der Waals surface area contributed by atoms with Gasteiger partial charge in [0.1, 0.15) is 9.88 Å². The van der Waals surface area contributed by atoms with E-state index in [4.69, 9.17) is 11.5 Å². The van der Waals surface area contributed by atoms with Crippen LogP contribution < -0.4 is 11.5 Å².